The number of hydrogen-bond donors (Lipinski definition) is 2. The molecular weight excluding hydrogens is 244 g/mol. The first kappa shape index (κ1) is 13.1. The monoisotopic (exact) mass is 260 g/mol. The molecule has 1 aliphatic heterocycles. The van der Waals surface area contributed by atoms with E-state index in [-0.39, 0.29) is 17.8 Å². The lowest BCUT2D eigenvalue weighted by Gasteiger charge is -2.12. The molecule has 19 heavy (non-hydrogen) atoms. The quantitative estimate of drug-likeness (QED) is 0.345. The number of imide groups is 1. The van der Waals surface area contributed by atoms with E-state index in [1.165, 1.54) is 4.90 Å². The van der Waals surface area contributed by atoms with Crippen molar-refractivity contribution in [2.75, 3.05) is 13.1 Å². The van der Waals surface area contributed by atoms with Crippen LogP contribution in [0.4, 0.5) is 0 Å². The molecule has 1 aromatic rings. The Hall–Kier alpha value is -2.37. The van der Waals surface area contributed by atoms with Crippen molar-refractivity contribution in [2.24, 2.45) is 16.5 Å². The van der Waals surface area contributed by atoms with Gasteiger partial charge in [0.2, 0.25) is 0 Å². The fourth-order valence-corrected chi connectivity index (χ4v) is 2.03. The SMILES string of the molecule is NC(N)=NCCCCN1C(=O)c2ccccc2C1=O. The number of unbranched alkanes of at least 4 members (excludes halogenated alkanes) is 1. The summed E-state index contributed by atoms with van der Waals surface area (Å²) in [6, 6.07) is 6.86. The van der Waals surface area contributed by atoms with E-state index in [1.807, 2.05) is 0 Å². The summed E-state index contributed by atoms with van der Waals surface area (Å²) in [5, 5.41) is 0. The number of hydrogen-bond acceptors (Lipinski definition) is 3. The van der Waals surface area contributed by atoms with Crippen molar-refractivity contribution in [3.63, 3.8) is 0 Å². The second-order valence-corrected chi connectivity index (χ2v) is 4.32. The molecular formula is C13H16N4O2. The van der Waals surface area contributed by atoms with Gasteiger partial charge in [0.25, 0.3) is 11.8 Å². The van der Waals surface area contributed by atoms with Crippen LogP contribution in [0.15, 0.2) is 29.3 Å². The Morgan fingerprint density at radius 1 is 1.05 bits per heavy atom. The zero-order valence-electron chi connectivity index (χ0n) is 10.5. The summed E-state index contributed by atoms with van der Waals surface area (Å²) in [5.74, 6) is -0.384. The predicted molar refractivity (Wildman–Crippen MR) is 71.7 cm³/mol. The number of fused-ring (bicyclic) bond motifs is 1. The van der Waals surface area contributed by atoms with E-state index in [4.69, 9.17) is 11.5 Å². The Bertz CT molecular complexity index is 500. The smallest absolute Gasteiger partial charge is 0.261 e. The van der Waals surface area contributed by atoms with E-state index in [2.05, 4.69) is 4.99 Å². The van der Waals surface area contributed by atoms with Gasteiger partial charge in [-0.1, -0.05) is 12.1 Å². The molecule has 0 fully saturated rings. The average Bonchev–Trinajstić information content (AvgIpc) is 2.63. The van der Waals surface area contributed by atoms with E-state index >= 15 is 0 Å². The molecule has 6 nitrogen and oxygen atoms in total. The third kappa shape index (κ3) is 2.73. The molecule has 1 aliphatic rings. The van der Waals surface area contributed by atoms with Gasteiger partial charge in [0.15, 0.2) is 5.96 Å². The number of rotatable bonds is 5. The van der Waals surface area contributed by atoms with Crippen molar-refractivity contribution in [2.45, 2.75) is 12.8 Å². The van der Waals surface area contributed by atoms with Crippen LogP contribution in [-0.2, 0) is 0 Å². The highest BCUT2D eigenvalue weighted by Gasteiger charge is 2.34. The van der Waals surface area contributed by atoms with Crippen molar-refractivity contribution < 1.29 is 9.59 Å². The minimum absolute atomic E-state index is 0.0562. The van der Waals surface area contributed by atoms with Crippen molar-refractivity contribution in [1.29, 1.82) is 0 Å². The molecule has 0 aromatic heterocycles. The lowest BCUT2D eigenvalue weighted by Crippen LogP contribution is -2.30. The van der Waals surface area contributed by atoms with Gasteiger partial charge in [0.1, 0.15) is 0 Å². The van der Waals surface area contributed by atoms with Gasteiger partial charge in [-0.25, -0.2) is 0 Å². The zero-order chi connectivity index (χ0) is 13.8. The summed E-state index contributed by atoms with van der Waals surface area (Å²) in [7, 11) is 0. The first-order valence-electron chi connectivity index (χ1n) is 6.12. The molecule has 0 aliphatic carbocycles. The maximum absolute atomic E-state index is 12.0. The Labute approximate surface area is 111 Å². The van der Waals surface area contributed by atoms with Crippen LogP contribution in [0.25, 0.3) is 0 Å². The Morgan fingerprint density at radius 3 is 2.16 bits per heavy atom. The molecule has 0 atom stereocenters. The highest BCUT2D eigenvalue weighted by Crippen LogP contribution is 2.22. The first-order valence-corrected chi connectivity index (χ1v) is 6.12. The van der Waals surface area contributed by atoms with Gasteiger partial charge in [-0.2, -0.15) is 0 Å². The normalized spacial score (nSPS) is 13.6. The average molecular weight is 260 g/mol. The van der Waals surface area contributed by atoms with Gasteiger partial charge in [-0.05, 0) is 25.0 Å². The Balaban J connectivity index is 1.92. The number of guanidine groups is 1. The summed E-state index contributed by atoms with van der Waals surface area (Å²) < 4.78 is 0. The number of aliphatic imine (C=N–C) groups is 1. The Morgan fingerprint density at radius 2 is 1.63 bits per heavy atom. The molecule has 2 rings (SSSR count). The Kier molecular flexibility index (Phi) is 3.79. The van der Waals surface area contributed by atoms with Crippen LogP contribution in [0.5, 0.6) is 0 Å². The highest BCUT2D eigenvalue weighted by atomic mass is 16.2. The third-order valence-electron chi connectivity index (χ3n) is 2.96. The molecule has 0 spiro atoms. The molecule has 1 aromatic carbocycles. The van der Waals surface area contributed by atoms with E-state index in [1.54, 1.807) is 24.3 Å². The zero-order valence-corrected chi connectivity index (χ0v) is 10.5. The van der Waals surface area contributed by atoms with Crippen molar-refractivity contribution >= 4 is 17.8 Å². The molecule has 1 heterocycles. The highest BCUT2D eigenvalue weighted by molar-refractivity contribution is 6.21. The van der Waals surface area contributed by atoms with Crippen LogP contribution in [0, 0.1) is 0 Å². The summed E-state index contributed by atoms with van der Waals surface area (Å²) in [4.78, 5) is 29.2. The van der Waals surface area contributed by atoms with Crippen LogP contribution < -0.4 is 11.5 Å². The molecule has 6 heteroatoms. The fraction of sp³-hybridized carbons (Fsp3) is 0.308. The predicted octanol–water partition coefficient (Wildman–Crippen LogP) is 0.336. The summed E-state index contributed by atoms with van der Waals surface area (Å²) in [6.07, 6.45) is 1.41. The molecule has 0 bridgehead atoms. The topological polar surface area (TPSA) is 102 Å². The number of amides is 2. The number of benzene rings is 1. The maximum Gasteiger partial charge on any atom is 0.261 e. The lowest BCUT2D eigenvalue weighted by molar-refractivity contribution is 0.0652. The van der Waals surface area contributed by atoms with Crippen LogP contribution >= 0.6 is 0 Å². The van der Waals surface area contributed by atoms with E-state index in [0.29, 0.717) is 30.6 Å². The first-order chi connectivity index (χ1) is 9.11. The molecule has 0 radical (unpaired) electrons. The molecule has 0 saturated heterocycles. The molecule has 100 valence electrons. The molecule has 0 unspecified atom stereocenters. The van der Waals surface area contributed by atoms with Gasteiger partial charge < -0.3 is 11.5 Å². The minimum Gasteiger partial charge on any atom is -0.370 e. The maximum atomic E-state index is 12.0. The summed E-state index contributed by atoms with van der Waals surface area (Å²) in [6.45, 7) is 0.901. The van der Waals surface area contributed by atoms with E-state index in [0.717, 1.165) is 6.42 Å². The van der Waals surface area contributed by atoms with Gasteiger partial charge in [-0.3, -0.25) is 19.5 Å². The second kappa shape index (κ2) is 5.51. The summed E-state index contributed by atoms with van der Waals surface area (Å²) in [5.41, 5.74) is 11.4. The van der Waals surface area contributed by atoms with Crippen LogP contribution in [0.3, 0.4) is 0 Å². The van der Waals surface area contributed by atoms with E-state index in [9.17, 15) is 9.59 Å². The number of carbonyl (C=O) groups excluding carboxylic acids is 2. The third-order valence-corrected chi connectivity index (χ3v) is 2.96. The van der Waals surface area contributed by atoms with Crippen LogP contribution in [0.2, 0.25) is 0 Å². The van der Waals surface area contributed by atoms with Crippen molar-refractivity contribution in [3.8, 4) is 0 Å². The van der Waals surface area contributed by atoms with Gasteiger partial charge in [0.05, 0.1) is 11.1 Å². The van der Waals surface area contributed by atoms with Gasteiger partial charge >= 0.3 is 0 Å². The van der Waals surface area contributed by atoms with Gasteiger partial charge in [-0.15, -0.1) is 0 Å². The van der Waals surface area contributed by atoms with Crippen molar-refractivity contribution in [1.82, 2.24) is 4.90 Å². The number of nitrogens with zero attached hydrogens (tertiary/aromatic N) is 2. The van der Waals surface area contributed by atoms with Gasteiger partial charge in [0, 0.05) is 13.1 Å². The van der Waals surface area contributed by atoms with Crippen LogP contribution in [0.1, 0.15) is 33.6 Å². The minimum atomic E-state index is -0.220. The second-order valence-electron chi connectivity index (χ2n) is 4.32. The summed E-state index contributed by atoms with van der Waals surface area (Å²) >= 11 is 0. The number of nitrogens with two attached hydrogens (primary N) is 2. The fourth-order valence-electron chi connectivity index (χ4n) is 2.03. The van der Waals surface area contributed by atoms with Crippen molar-refractivity contribution in [3.05, 3.63) is 35.4 Å². The van der Waals surface area contributed by atoms with E-state index < -0.39 is 0 Å². The number of carbonyl (C=O) groups is 2. The molecule has 0 saturated carbocycles. The largest absolute Gasteiger partial charge is 0.370 e. The molecule has 2 amide bonds. The lowest BCUT2D eigenvalue weighted by atomic mass is 10.1. The molecule has 4 N–H and O–H groups in total. The van der Waals surface area contributed by atoms with Crippen LogP contribution in [-0.4, -0.2) is 35.8 Å². The standard InChI is InChI=1S/C13H16N4O2/c14-13(15)16-7-3-4-8-17-11(18)9-5-1-2-6-10(9)12(17)19/h1-2,5-6H,3-4,7-8H2,(H4,14,15,16).